The topological polar surface area (TPSA) is 65.1 Å². The SMILES string of the molecule is CC(=O)N(C)C1CCN(c2cc(F)c(NC(=O)ON3CCC(c4ccc(Cl)cc4)CC3)c(F)c2)C1. The second-order valence-corrected chi connectivity index (χ2v) is 9.50. The summed E-state index contributed by atoms with van der Waals surface area (Å²) < 4.78 is 29.5. The molecule has 0 bridgehead atoms. The van der Waals surface area contributed by atoms with Crippen LogP contribution in [-0.4, -0.2) is 61.2 Å². The van der Waals surface area contributed by atoms with Crippen molar-refractivity contribution < 1.29 is 23.2 Å². The zero-order valence-corrected chi connectivity index (χ0v) is 20.5. The van der Waals surface area contributed by atoms with Gasteiger partial charge in [0.2, 0.25) is 5.91 Å². The fraction of sp³-hybridized carbons (Fsp3) is 0.440. The predicted octanol–water partition coefficient (Wildman–Crippen LogP) is 5.02. The molecule has 188 valence electrons. The molecule has 2 amide bonds. The van der Waals surface area contributed by atoms with Crippen molar-refractivity contribution in [3.63, 3.8) is 0 Å². The maximum absolute atomic E-state index is 14.7. The van der Waals surface area contributed by atoms with E-state index in [2.05, 4.69) is 5.32 Å². The van der Waals surface area contributed by atoms with E-state index in [0.29, 0.717) is 49.2 Å². The number of piperidine rings is 1. The van der Waals surface area contributed by atoms with Crippen LogP contribution in [0.5, 0.6) is 0 Å². The van der Waals surface area contributed by atoms with E-state index in [4.69, 9.17) is 16.4 Å². The highest BCUT2D eigenvalue weighted by molar-refractivity contribution is 6.30. The Bertz CT molecular complexity index is 1050. The van der Waals surface area contributed by atoms with Crippen molar-refractivity contribution in [2.24, 2.45) is 0 Å². The van der Waals surface area contributed by atoms with Crippen molar-refractivity contribution in [2.75, 3.05) is 43.4 Å². The van der Waals surface area contributed by atoms with E-state index in [-0.39, 0.29) is 11.9 Å². The lowest BCUT2D eigenvalue weighted by atomic mass is 9.90. The monoisotopic (exact) mass is 506 g/mol. The molecule has 1 unspecified atom stereocenters. The van der Waals surface area contributed by atoms with Gasteiger partial charge in [0.15, 0.2) is 11.6 Å². The summed E-state index contributed by atoms with van der Waals surface area (Å²) >= 11 is 5.95. The van der Waals surface area contributed by atoms with Gasteiger partial charge in [-0.1, -0.05) is 23.7 Å². The van der Waals surface area contributed by atoms with Crippen molar-refractivity contribution in [3.8, 4) is 0 Å². The van der Waals surface area contributed by atoms with Crippen LogP contribution < -0.4 is 10.2 Å². The number of benzene rings is 2. The molecule has 35 heavy (non-hydrogen) atoms. The molecule has 2 aromatic carbocycles. The average Bonchev–Trinajstić information content (AvgIpc) is 3.32. The molecule has 7 nitrogen and oxygen atoms in total. The van der Waals surface area contributed by atoms with Crippen LogP contribution in [0.4, 0.5) is 25.0 Å². The van der Waals surface area contributed by atoms with Gasteiger partial charge in [0, 0.05) is 50.9 Å². The van der Waals surface area contributed by atoms with Gasteiger partial charge in [0.1, 0.15) is 5.69 Å². The molecule has 0 aromatic heterocycles. The predicted molar refractivity (Wildman–Crippen MR) is 131 cm³/mol. The number of carbonyl (C=O) groups excluding carboxylic acids is 2. The highest BCUT2D eigenvalue weighted by Crippen LogP contribution is 2.31. The molecule has 1 N–H and O–H groups in total. The van der Waals surface area contributed by atoms with Crippen molar-refractivity contribution >= 4 is 35.0 Å². The minimum absolute atomic E-state index is 0.0183. The number of hydroxylamine groups is 2. The zero-order chi connectivity index (χ0) is 25.1. The molecule has 0 saturated carbocycles. The molecule has 2 heterocycles. The van der Waals surface area contributed by atoms with Crippen molar-refractivity contribution in [2.45, 2.75) is 38.1 Å². The largest absolute Gasteiger partial charge is 0.430 e. The molecular formula is C25H29ClF2N4O3. The highest BCUT2D eigenvalue weighted by Gasteiger charge is 2.29. The van der Waals surface area contributed by atoms with Crippen LogP contribution in [0, 0.1) is 11.6 Å². The summed E-state index contributed by atoms with van der Waals surface area (Å²) in [5.41, 5.74) is 0.994. The van der Waals surface area contributed by atoms with Gasteiger partial charge in [0.05, 0.1) is 6.04 Å². The first kappa shape index (κ1) is 25.2. The quantitative estimate of drug-likeness (QED) is 0.617. The standard InChI is InChI=1S/C25H29ClF2N4O3/c1-16(33)30(2)20-9-10-31(15-20)21-13-22(27)24(23(28)14-21)29-25(34)35-32-11-7-18(8-12-32)17-3-5-19(26)6-4-17/h3-6,13-14,18,20H,7-12,15H2,1-2H3,(H,29,34). The van der Waals surface area contributed by atoms with E-state index in [1.165, 1.54) is 29.7 Å². The van der Waals surface area contributed by atoms with Gasteiger partial charge in [-0.2, -0.15) is 0 Å². The van der Waals surface area contributed by atoms with E-state index in [9.17, 15) is 18.4 Å². The lowest BCUT2D eigenvalue weighted by Gasteiger charge is -2.30. The first-order valence-corrected chi connectivity index (χ1v) is 12.1. The van der Waals surface area contributed by atoms with Crippen molar-refractivity contribution in [1.82, 2.24) is 9.96 Å². The van der Waals surface area contributed by atoms with Gasteiger partial charge in [-0.25, -0.2) is 13.6 Å². The van der Waals surface area contributed by atoms with Gasteiger partial charge >= 0.3 is 6.09 Å². The minimum atomic E-state index is -0.940. The number of carbonyl (C=O) groups is 2. The number of nitrogens with one attached hydrogen (secondary N) is 1. The third-order valence-electron chi connectivity index (χ3n) is 6.83. The van der Waals surface area contributed by atoms with Crippen LogP contribution in [0.15, 0.2) is 36.4 Å². The summed E-state index contributed by atoms with van der Waals surface area (Å²) in [7, 11) is 1.72. The number of rotatable bonds is 5. The van der Waals surface area contributed by atoms with Crippen LogP contribution in [0.3, 0.4) is 0 Å². The molecule has 0 spiro atoms. The normalized spacial score (nSPS) is 19.0. The van der Waals surface area contributed by atoms with Gasteiger partial charge in [0.25, 0.3) is 0 Å². The maximum atomic E-state index is 14.7. The smallest absolute Gasteiger partial charge is 0.369 e. The fourth-order valence-corrected chi connectivity index (χ4v) is 4.79. The number of amides is 2. The highest BCUT2D eigenvalue weighted by atomic mass is 35.5. The number of anilines is 2. The summed E-state index contributed by atoms with van der Waals surface area (Å²) in [6.07, 6.45) is 1.33. The summed E-state index contributed by atoms with van der Waals surface area (Å²) in [5, 5.41) is 4.38. The second-order valence-electron chi connectivity index (χ2n) is 9.06. The third kappa shape index (κ3) is 6.02. The molecular weight excluding hydrogens is 478 g/mol. The first-order chi connectivity index (χ1) is 16.7. The molecule has 2 fully saturated rings. The van der Waals surface area contributed by atoms with Crippen LogP contribution in [0.25, 0.3) is 0 Å². The number of halogens is 3. The number of likely N-dealkylation sites (N-methyl/N-ethyl adjacent to an activating group) is 1. The Morgan fingerprint density at radius 2 is 1.69 bits per heavy atom. The van der Waals surface area contributed by atoms with Crippen LogP contribution in [0.2, 0.25) is 5.02 Å². The molecule has 1 atom stereocenters. The van der Waals surface area contributed by atoms with E-state index >= 15 is 0 Å². The maximum Gasteiger partial charge on any atom is 0.430 e. The number of hydrogen-bond donors (Lipinski definition) is 1. The lowest BCUT2D eigenvalue weighted by Crippen LogP contribution is -2.37. The Hall–Kier alpha value is -2.91. The molecule has 2 aromatic rings. The Kier molecular flexibility index (Phi) is 7.76. The van der Waals surface area contributed by atoms with Gasteiger partial charge < -0.3 is 14.6 Å². The second kappa shape index (κ2) is 10.8. The van der Waals surface area contributed by atoms with Gasteiger partial charge in [-0.3, -0.25) is 10.1 Å². The van der Waals surface area contributed by atoms with Crippen molar-refractivity contribution in [1.29, 1.82) is 0 Å². The van der Waals surface area contributed by atoms with E-state index < -0.39 is 23.4 Å². The number of hydrogen-bond acceptors (Lipinski definition) is 5. The lowest BCUT2D eigenvalue weighted by molar-refractivity contribution is -0.129. The van der Waals surface area contributed by atoms with E-state index in [1.54, 1.807) is 11.9 Å². The average molecular weight is 507 g/mol. The Morgan fingerprint density at radius 1 is 1.06 bits per heavy atom. The molecule has 2 saturated heterocycles. The Balaban J connectivity index is 1.31. The first-order valence-electron chi connectivity index (χ1n) is 11.7. The Labute approximate surface area is 208 Å². The summed E-state index contributed by atoms with van der Waals surface area (Å²) in [6.45, 7) is 3.56. The zero-order valence-electron chi connectivity index (χ0n) is 19.8. The van der Waals surface area contributed by atoms with Crippen LogP contribution >= 0.6 is 11.6 Å². The Morgan fingerprint density at radius 3 is 2.29 bits per heavy atom. The van der Waals surface area contributed by atoms with Crippen LogP contribution in [0.1, 0.15) is 37.7 Å². The van der Waals surface area contributed by atoms with E-state index in [0.717, 1.165) is 12.8 Å². The van der Waals surface area contributed by atoms with Crippen LogP contribution in [-0.2, 0) is 9.63 Å². The summed E-state index contributed by atoms with van der Waals surface area (Å²) in [6, 6.07) is 10.1. The summed E-state index contributed by atoms with van der Waals surface area (Å²) in [5.74, 6) is -1.50. The van der Waals surface area contributed by atoms with Crippen molar-refractivity contribution in [3.05, 3.63) is 58.6 Å². The molecule has 2 aliphatic heterocycles. The van der Waals surface area contributed by atoms with Gasteiger partial charge in [-0.15, -0.1) is 5.06 Å². The molecule has 0 aliphatic carbocycles. The molecule has 2 aliphatic rings. The third-order valence-corrected chi connectivity index (χ3v) is 7.09. The van der Waals surface area contributed by atoms with Gasteiger partial charge in [-0.05, 0) is 55.0 Å². The van der Waals surface area contributed by atoms with E-state index in [1.807, 2.05) is 29.2 Å². The molecule has 0 radical (unpaired) electrons. The molecule has 10 heteroatoms. The summed E-state index contributed by atoms with van der Waals surface area (Å²) in [4.78, 5) is 32.7. The minimum Gasteiger partial charge on any atom is -0.369 e. The molecule has 4 rings (SSSR count). The fourth-order valence-electron chi connectivity index (χ4n) is 4.67. The number of nitrogens with zero attached hydrogens (tertiary/aromatic N) is 3.